The molecule has 0 saturated carbocycles. The van der Waals surface area contributed by atoms with Crippen LogP contribution in [0.4, 0.5) is 0 Å². The SMILES string of the molecule is COc1ccc(C(C#N)N2CC(C)CC(C)C2)cc1. The second-order valence-electron chi connectivity index (χ2n) is 5.70. The molecule has 2 rings (SSSR count). The number of ether oxygens (including phenoxy) is 1. The van der Waals surface area contributed by atoms with Crippen molar-refractivity contribution < 1.29 is 4.74 Å². The zero-order chi connectivity index (χ0) is 13.8. The summed E-state index contributed by atoms with van der Waals surface area (Å²) in [6.45, 7) is 6.55. The maximum absolute atomic E-state index is 9.51. The molecule has 3 unspecified atom stereocenters. The minimum Gasteiger partial charge on any atom is -0.497 e. The van der Waals surface area contributed by atoms with Gasteiger partial charge in [0.2, 0.25) is 0 Å². The summed E-state index contributed by atoms with van der Waals surface area (Å²) in [5, 5.41) is 9.51. The average molecular weight is 258 g/mol. The molecule has 3 nitrogen and oxygen atoms in total. The van der Waals surface area contributed by atoms with Gasteiger partial charge in [0.05, 0.1) is 13.2 Å². The molecule has 0 aliphatic carbocycles. The molecule has 1 aliphatic rings. The first kappa shape index (κ1) is 13.9. The van der Waals surface area contributed by atoms with Crippen LogP contribution in [0.5, 0.6) is 5.75 Å². The van der Waals surface area contributed by atoms with Crippen molar-refractivity contribution in [3.05, 3.63) is 29.8 Å². The zero-order valence-corrected chi connectivity index (χ0v) is 12.0. The summed E-state index contributed by atoms with van der Waals surface area (Å²) in [6, 6.07) is 10.2. The summed E-state index contributed by atoms with van der Waals surface area (Å²) in [4.78, 5) is 2.31. The number of nitriles is 1. The Kier molecular flexibility index (Phi) is 4.44. The lowest BCUT2D eigenvalue weighted by Gasteiger charge is -2.37. The Bertz CT molecular complexity index is 439. The van der Waals surface area contributed by atoms with Crippen LogP contribution in [0.3, 0.4) is 0 Å². The molecule has 19 heavy (non-hydrogen) atoms. The molecule has 0 N–H and O–H groups in total. The van der Waals surface area contributed by atoms with Crippen LogP contribution in [0.2, 0.25) is 0 Å². The standard InChI is InChI=1S/C16H22N2O/c1-12-8-13(2)11-18(10-12)16(9-17)14-4-6-15(19-3)7-5-14/h4-7,12-13,16H,8,10-11H2,1-3H3. The average Bonchev–Trinajstić information content (AvgIpc) is 2.39. The van der Waals surface area contributed by atoms with Gasteiger partial charge < -0.3 is 4.74 Å². The lowest BCUT2D eigenvalue weighted by molar-refractivity contribution is 0.117. The molecule has 1 aromatic rings. The summed E-state index contributed by atoms with van der Waals surface area (Å²) in [6.07, 6.45) is 1.26. The van der Waals surface area contributed by atoms with E-state index in [0.29, 0.717) is 11.8 Å². The van der Waals surface area contributed by atoms with Gasteiger partial charge >= 0.3 is 0 Å². The van der Waals surface area contributed by atoms with Crippen molar-refractivity contribution in [1.82, 2.24) is 4.90 Å². The molecule has 3 heteroatoms. The fraction of sp³-hybridized carbons (Fsp3) is 0.562. The van der Waals surface area contributed by atoms with Crippen LogP contribution < -0.4 is 4.74 Å². The summed E-state index contributed by atoms with van der Waals surface area (Å²) < 4.78 is 5.17. The van der Waals surface area contributed by atoms with Crippen molar-refractivity contribution in [3.63, 3.8) is 0 Å². The number of rotatable bonds is 3. The maximum Gasteiger partial charge on any atom is 0.123 e. The van der Waals surface area contributed by atoms with Crippen molar-refractivity contribution in [2.45, 2.75) is 26.3 Å². The van der Waals surface area contributed by atoms with Crippen LogP contribution in [-0.4, -0.2) is 25.1 Å². The Balaban J connectivity index is 2.16. The molecular weight excluding hydrogens is 236 g/mol. The lowest BCUT2D eigenvalue weighted by atomic mass is 9.90. The molecule has 0 bridgehead atoms. The smallest absolute Gasteiger partial charge is 0.123 e. The predicted octanol–water partition coefficient (Wildman–Crippen LogP) is 3.24. The van der Waals surface area contributed by atoms with Crippen molar-refractivity contribution >= 4 is 0 Å². The number of nitrogens with zero attached hydrogens (tertiary/aromatic N) is 2. The Hall–Kier alpha value is -1.53. The number of methoxy groups -OCH3 is 1. The molecule has 1 saturated heterocycles. The molecule has 1 aromatic carbocycles. The van der Waals surface area contributed by atoms with Crippen LogP contribution in [0, 0.1) is 23.2 Å². The summed E-state index contributed by atoms with van der Waals surface area (Å²) in [7, 11) is 1.66. The van der Waals surface area contributed by atoms with Crippen molar-refractivity contribution in [2.75, 3.05) is 20.2 Å². The van der Waals surface area contributed by atoms with E-state index in [2.05, 4.69) is 24.8 Å². The van der Waals surface area contributed by atoms with Crippen molar-refractivity contribution in [2.24, 2.45) is 11.8 Å². The quantitative estimate of drug-likeness (QED) is 0.835. The summed E-state index contributed by atoms with van der Waals surface area (Å²) in [5.41, 5.74) is 1.06. The van der Waals surface area contributed by atoms with E-state index in [1.165, 1.54) is 6.42 Å². The number of hydrogen-bond donors (Lipinski definition) is 0. The van der Waals surface area contributed by atoms with Crippen LogP contribution >= 0.6 is 0 Å². The Labute approximate surface area is 115 Å². The van der Waals surface area contributed by atoms with E-state index in [0.717, 1.165) is 24.4 Å². The van der Waals surface area contributed by atoms with Crippen LogP contribution in [0.25, 0.3) is 0 Å². The molecule has 0 aromatic heterocycles. The van der Waals surface area contributed by atoms with E-state index in [-0.39, 0.29) is 6.04 Å². The minimum atomic E-state index is -0.142. The minimum absolute atomic E-state index is 0.142. The van der Waals surface area contributed by atoms with Crippen LogP contribution in [-0.2, 0) is 0 Å². The van der Waals surface area contributed by atoms with E-state index in [1.54, 1.807) is 7.11 Å². The number of likely N-dealkylation sites (tertiary alicyclic amines) is 1. The number of piperidine rings is 1. The van der Waals surface area contributed by atoms with E-state index in [4.69, 9.17) is 4.74 Å². The third kappa shape index (κ3) is 3.27. The van der Waals surface area contributed by atoms with E-state index in [1.807, 2.05) is 24.3 Å². The molecule has 1 fully saturated rings. The number of benzene rings is 1. The normalized spacial score (nSPS) is 25.6. The van der Waals surface area contributed by atoms with E-state index < -0.39 is 0 Å². The topological polar surface area (TPSA) is 36.3 Å². The first-order chi connectivity index (χ1) is 9.13. The van der Waals surface area contributed by atoms with Gasteiger partial charge in [0, 0.05) is 13.1 Å². The Morgan fingerprint density at radius 2 is 1.79 bits per heavy atom. The molecule has 1 heterocycles. The Morgan fingerprint density at radius 3 is 2.26 bits per heavy atom. The highest BCUT2D eigenvalue weighted by molar-refractivity contribution is 5.31. The van der Waals surface area contributed by atoms with E-state index >= 15 is 0 Å². The third-order valence-electron chi connectivity index (χ3n) is 3.82. The Morgan fingerprint density at radius 1 is 1.21 bits per heavy atom. The van der Waals surface area contributed by atoms with Gasteiger partial charge in [-0.3, -0.25) is 4.90 Å². The molecular formula is C16H22N2O. The molecule has 0 radical (unpaired) electrons. The zero-order valence-electron chi connectivity index (χ0n) is 12.0. The van der Waals surface area contributed by atoms with Gasteiger partial charge in [0.25, 0.3) is 0 Å². The highest BCUT2D eigenvalue weighted by atomic mass is 16.5. The molecule has 102 valence electrons. The summed E-state index contributed by atoms with van der Waals surface area (Å²) in [5.74, 6) is 2.16. The first-order valence-electron chi connectivity index (χ1n) is 6.91. The predicted molar refractivity (Wildman–Crippen MR) is 75.9 cm³/mol. The van der Waals surface area contributed by atoms with Crippen LogP contribution in [0.15, 0.2) is 24.3 Å². The fourth-order valence-corrected chi connectivity index (χ4v) is 3.08. The summed E-state index contributed by atoms with van der Waals surface area (Å²) >= 11 is 0. The van der Waals surface area contributed by atoms with Gasteiger partial charge in [-0.25, -0.2) is 0 Å². The largest absolute Gasteiger partial charge is 0.497 e. The molecule has 0 amide bonds. The lowest BCUT2D eigenvalue weighted by Crippen LogP contribution is -2.40. The fourth-order valence-electron chi connectivity index (χ4n) is 3.08. The number of hydrogen-bond acceptors (Lipinski definition) is 3. The van der Waals surface area contributed by atoms with Crippen LogP contribution in [0.1, 0.15) is 31.9 Å². The maximum atomic E-state index is 9.51. The van der Waals surface area contributed by atoms with Gasteiger partial charge in [0.1, 0.15) is 11.8 Å². The molecule has 3 atom stereocenters. The first-order valence-corrected chi connectivity index (χ1v) is 6.91. The van der Waals surface area contributed by atoms with Crippen molar-refractivity contribution in [1.29, 1.82) is 5.26 Å². The molecule has 1 aliphatic heterocycles. The van der Waals surface area contributed by atoms with Gasteiger partial charge in [-0.05, 0) is 36.0 Å². The monoisotopic (exact) mass is 258 g/mol. The van der Waals surface area contributed by atoms with Gasteiger partial charge in [-0.15, -0.1) is 0 Å². The third-order valence-corrected chi connectivity index (χ3v) is 3.82. The highest BCUT2D eigenvalue weighted by Crippen LogP contribution is 2.29. The highest BCUT2D eigenvalue weighted by Gasteiger charge is 2.28. The van der Waals surface area contributed by atoms with Gasteiger partial charge in [-0.1, -0.05) is 26.0 Å². The van der Waals surface area contributed by atoms with E-state index in [9.17, 15) is 5.26 Å². The van der Waals surface area contributed by atoms with Gasteiger partial charge in [-0.2, -0.15) is 5.26 Å². The molecule has 0 spiro atoms. The second kappa shape index (κ2) is 6.08. The second-order valence-corrected chi connectivity index (χ2v) is 5.70. The van der Waals surface area contributed by atoms with Crippen molar-refractivity contribution in [3.8, 4) is 11.8 Å². The van der Waals surface area contributed by atoms with Gasteiger partial charge in [0.15, 0.2) is 0 Å².